The average molecular weight is 383 g/mol. The fraction of sp³-hybridized carbons (Fsp3) is 0.556. The first-order valence-corrected chi connectivity index (χ1v) is 8.93. The van der Waals surface area contributed by atoms with Crippen molar-refractivity contribution in [3.8, 4) is 5.75 Å². The number of ether oxygens (including phenoxy) is 1. The number of aliphatic carboxylic acids is 1. The molecule has 4 nitrogen and oxygen atoms in total. The highest BCUT2D eigenvalue weighted by molar-refractivity contribution is 9.09. The Morgan fingerprint density at radius 2 is 1.83 bits per heavy atom. The van der Waals surface area contributed by atoms with E-state index >= 15 is 0 Å². The Bertz CT molecular complexity index is 576. The zero-order valence-electron chi connectivity index (χ0n) is 13.5. The minimum atomic E-state index is -1.49. The van der Waals surface area contributed by atoms with Crippen LogP contribution in [0.15, 0.2) is 24.3 Å². The summed E-state index contributed by atoms with van der Waals surface area (Å²) in [5.41, 5.74) is -0.383. The number of halogens is 1. The van der Waals surface area contributed by atoms with Gasteiger partial charge in [0.1, 0.15) is 11.2 Å². The van der Waals surface area contributed by atoms with Gasteiger partial charge in [-0.3, -0.25) is 9.59 Å². The summed E-state index contributed by atoms with van der Waals surface area (Å²) in [6.45, 7) is 2.78. The molecule has 0 radical (unpaired) electrons. The van der Waals surface area contributed by atoms with Crippen molar-refractivity contribution in [3.63, 3.8) is 0 Å². The maximum absolute atomic E-state index is 12.3. The number of hydrogen-bond donors (Lipinski definition) is 1. The highest BCUT2D eigenvalue weighted by atomic mass is 79.9. The van der Waals surface area contributed by atoms with Gasteiger partial charge in [-0.2, -0.15) is 0 Å². The van der Waals surface area contributed by atoms with Crippen LogP contribution in [0.4, 0.5) is 0 Å². The number of rotatable bonds is 6. The van der Waals surface area contributed by atoms with E-state index in [0.29, 0.717) is 11.7 Å². The van der Waals surface area contributed by atoms with E-state index in [1.54, 1.807) is 0 Å². The van der Waals surface area contributed by atoms with Gasteiger partial charge in [0.25, 0.3) is 0 Å². The van der Waals surface area contributed by atoms with Gasteiger partial charge < -0.3 is 9.84 Å². The summed E-state index contributed by atoms with van der Waals surface area (Å²) < 4.78 is 5.80. The van der Waals surface area contributed by atoms with Crippen LogP contribution in [-0.2, 0) is 9.59 Å². The molecule has 1 N–H and O–H groups in total. The molecule has 23 heavy (non-hydrogen) atoms. The van der Waals surface area contributed by atoms with Crippen molar-refractivity contribution in [2.45, 2.75) is 56.9 Å². The predicted octanol–water partition coefficient (Wildman–Crippen LogP) is 4.51. The molecule has 0 amide bonds. The monoisotopic (exact) mass is 382 g/mol. The van der Waals surface area contributed by atoms with Crippen molar-refractivity contribution in [2.24, 2.45) is 5.41 Å². The van der Waals surface area contributed by atoms with Crippen molar-refractivity contribution >= 4 is 27.7 Å². The van der Waals surface area contributed by atoms with E-state index in [-0.39, 0.29) is 0 Å². The molecule has 2 rings (SSSR count). The molecule has 1 aliphatic rings. The number of carboxylic acids is 1. The minimum absolute atomic E-state index is 0.447. The fourth-order valence-corrected chi connectivity index (χ4v) is 3.67. The quantitative estimate of drug-likeness (QED) is 0.580. The lowest BCUT2D eigenvalue weighted by Crippen LogP contribution is -2.40. The van der Waals surface area contributed by atoms with Crippen LogP contribution in [0.2, 0.25) is 0 Å². The molecule has 1 aliphatic carbocycles. The first-order valence-electron chi connectivity index (χ1n) is 8.01. The van der Waals surface area contributed by atoms with Crippen molar-refractivity contribution in [1.82, 2.24) is 0 Å². The van der Waals surface area contributed by atoms with E-state index in [1.807, 2.05) is 24.3 Å². The highest BCUT2D eigenvalue weighted by Gasteiger charge is 2.40. The summed E-state index contributed by atoms with van der Waals surface area (Å²) in [6.07, 6.45) is 5.94. The second-order valence-electron chi connectivity index (χ2n) is 6.60. The Morgan fingerprint density at radius 3 is 2.43 bits per heavy atom. The molecule has 1 atom stereocenters. The molecule has 0 saturated heterocycles. The van der Waals surface area contributed by atoms with Crippen molar-refractivity contribution in [1.29, 1.82) is 0 Å². The van der Waals surface area contributed by atoms with Gasteiger partial charge in [0.15, 0.2) is 0 Å². The molecule has 126 valence electrons. The SMILES string of the molecule is CC(C)(C(=O)O)C(=O)C(Br)Oc1ccccc1C1CCCCC1. The van der Waals surface area contributed by atoms with Crippen molar-refractivity contribution in [2.75, 3.05) is 0 Å². The zero-order chi connectivity index (χ0) is 17.0. The molecule has 0 heterocycles. The van der Waals surface area contributed by atoms with Crippen LogP contribution in [-0.4, -0.2) is 21.9 Å². The zero-order valence-corrected chi connectivity index (χ0v) is 15.1. The number of para-hydroxylation sites is 1. The van der Waals surface area contributed by atoms with Gasteiger partial charge in [-0.05, 0) is 60.2 Å². The molecule has 1 fully saturated rings. The standard InChI is InChI=1S/C18H23BrO4/c1-18(2,17(21)22)15(20)16(19)23-14-11-7-6-10-13(14)12-8-4-3-5-9-12/h6-7,10-12,16H,3-5,8-9H2,1-2H3,(H,21,22). The largest absolute Gasteiger partial charge is 0.481 e. The van der Waals surface area contributed by atoms with E-state index in [0.717, 1.165) is 18.4 Å². The van der Waals surface area contributed by atoms with E-state index < -0.39 is 22.2 Å². The third-order valence-electron chi connectivity index (χ3n) is 4.55. The van der Waals surface area contributed by atoms with Gasteiger partial charge in [-0.15, -0.1) is 0 Å². The number of carbonyl (C=O) groups is 2. The Kier molecular flexibility index (Phi) is 5.84. The van der Waals surface area contributed by atoms with Crippen LogP contribution in [0.3, 0.4) is 0 Å². The maximum Gasteiger partial charge on any atom is 0.316 e. The molecule has 5 heteroatoms. The Morgan fingerprint density at radius 1 is 1.22 bits per heavy atom. The van der Waals surface area contributed by atoms with Crippen LogP contribution in [0.5, 0.6) is 5.75 Å². The lowest BCUT2D eigenvalue weighted by atomic mass is 9.83. The van der Waals surface area contributed by atoms with E-state index in [9.17, 15) is 14.7 Å². The van der Waals surface area contributed by atoms with Gasteiger partial charge in [-0.25, -0.2) is 0 Å². The molecular formula is C18H23BrO4. The lowest BCUT2D eigenvalue weighted by molar-refractivity contribution is -0.153. The van der Waals surface area contributed by atoms with Gasteiger partial charge in [-0.1, -0.05) is 37.5 Å². The molecule has 0 bridgehead atoms. The number of carboxylic acid groups (broad SMARTS) is 1. The number of alkyl halides is 1. The van der Waals surface area contributed by atoms with E-state index in [4.69, 9.17) is 4.74 Å². The third-order valence-corrected chi connectivity index (χ3v) is 5.15. The van der Waals surface area contributed by atoms with Crippen LogP contribution in [0, 0.1) is 5.41 Å². The Balaban J connectivity index is 2.16. The first kappa shape index (κ1) is 18.0. The van der Waals surface area contributed by atoms with E-state index in [2.05, 4.69) is 15.9 Å². The molecular weight excluding hydrogens is 360 g/mol. The fourth-order valence-electron chi connectivity index (χ4n) is 2.89. The van der Waals surface area contributed by atoms with Gasteiger partial charge in [0.2, 0.25) is 10.8 Å². The molecule has 1 unspecified atom stereocenters. The maximum atomic E-state index is 12.3. The second-order valence-corrected chi connectivity index (χ2v) is 7.43. The third kappa shape index (κ3) is 4.14. The smallest absolute Gasteiger partial charge is 0.316 e. The summed E-state index contributed by atoms with van der Waals surface area (Å²) >= 11 is 3.21. The molecule has 1 aromatic carbocycles. The van der Waals surface area contributed by atoms with Crippen molar-refractivity contribution in [3.05, 3.63) is 29.8 Å². The Labute approximate surface area is 145 Å². The normalized spacial score (nSPS) is 17.5. The number of ketones is 1. The van der Waals surface area contributed by atoms with Gasteiger partial charge in [0.05, 0.1) is 0 Å². The number of Topliss-reactive ketones (excluding diaryl/α,β-unsaturated/α-hetero) is 1. The number of benzene rings is 1. The molecule has 0 aromatic heterocycles. The van der Waals surface area contributed by atoms with Crippen molar-refractivity contribution < 1.29 is 19.4 Å². The number of carbonyl (C=O) groups excluding carboxylic acids is 1. The molecule has 0 aliphatic heterocycles. The topological polar surface area (TPSA) is 63.6 Å². The minimum Gasteiger partial charge on any atom is -0.481 e. The summed E-state index contributed by atoms with van der Waals surface area (Å²) in [5, 5.41) is 8.21. The molecule has 0 spiro atoms. The van der Waals surface area contributed by atoms with E-state index in [1.165, 1.54) is 33.1 Å². The highest BCUT2D eigenvalue weighted by Crippen LogP contribution is 2.38. The molecule has 1 aromatic rings. The summed E-state index contributed by atoms with van der Waals surface area (Å²) in [7, 11) is 0. The predicted molar refractivity (Wildman–Crippen MR) is 92.0 cm³/mol. The van der Waals surface area contributed by atoms with Crippen LogP contribution in [0.1, 0.15) is 57.4 Å². The first-order chi connectivity index (χ1) is 10.8. The lowest BCUT2D eigenvalue weighted by Gasteiger charge is -2.26. The average Bonchev–Trinajstić information content (AvgIpc) is 2.55. The summed E-state index contributed by atoms with van der Waals surface area (Å²) in [6, 6.07) is 7.73. The van der Waals surface area contributed by atoms with Crippen LogP contribution in [0.25, 0.3) is 0 Å². The van der Waals surface area contributed by atoms with Crippen LogP contribution < -0.4 is 4.74 Å². The van der Waals surface area contributed by atoms with Gasteiger partial charge in [0, 0.05) is 0 Å². The molecule has 1 saturated carbocycles. The second kappa shape index (κ2) is 7.47. The van der Waals surface area contributed by atoms with Crippen LogP contribution >= 0.6 is 15.9 Å². The van der Waals surface area contributed by atoms with Gasteiger partial charge >= 0.3 is 5.97 Å². The summed E-state index contributed by atoms with van der Waals surface area (Å²) in [5.74, 6) is -0.544. The Hall–Kier alpha value is -1.36. The summed E-state index contributed by atoms with van der Waals surface area (Å²) in [4.78, 5) is 23.6. The number of hydrogen-bond acceptors (Lipinski definition) is 3.